The molecule has 0 spiro atoms. The topological polar surface area (TPSA) is 200 Å². The van der Waals surface area contributed by atoms with Gasteiger partial charge in [0.25, 0.3) is 0 Å². The lowest BCUT2D eigenvalue weighted by molar-refractivity contribution is -0.142. The summed E-state index contributed by atoms with van der Waals surface area (Å²) < 4.78 is 15.5. The number of fused-ring (bicyclic) bond motifs is 1. The molecule has 1 aromatic carbocycles. The largest absolute Gasteiger partial charge is 0.524 e. The van der Waals surface area contributed by atoms with Crippen LogP contribution in [0.3, 0.4) is 0 Å². The number of phosphoric ester groups is 1. The molecule has 1 heterocycles. The molecular weight excluding hydrogens is 541 g/mol. The van der Waals surface area contributed by atoms with Crippen molar-refractivity contribution in [1.82, 2.24) is 20.9 Å². The summed E-state index contributed by atoms with van der Waals surface area (Å²) in [4.78, 5) is 70.0. The van der Waals surface area contributed by atoms with Gasteiger partial charge in [-0.1, -0.05) is 32.9 Å². The first-order chi connectivity index (χ1) is 18.7. The molecule has 2 fully saturated rings. The van der Waals surface area contributed by atoms with E-state index >= 15 is 0 Å². The minimum atomic E-state index is -4.68. The van der Waals surface area contributed by atoms with Gasteiger partial charge in [0.2, 0.25) is 17.7 Å². The van der Waals surface area contributed by atoms with Crippen molar-refractivity contribution in [2.45, 2.75) is 46.2 Å². The first kappa shape index (κ1) is 31.1. The van der Waals surface area contributed by atoms with Gasteiger partial charge in [-0.3, -0.25) is 24.2 Å². The molecule has 0 aromatic heterocycles. The van der Waals surface area contributed by atoms with Gasteiger partial charge in [-0.2, -0.15) is 0 Å². The van der Waals surface area contributed by atoms with Gasteiger partial charge in [0, 0.05) is 25.7 Å². The van der Waals surface area contributed by atoms with Crippen molar-refractivity contribution in [3.63, 3.8) is 0 Å². The number of likely N-dealkylation sites (tertiary alicyclic amines) is 1. The Kier molecular flexibility index (Phi) is 9.99. The zero-order valence-corrected chi connectivity index (χ0v) is 23.9. The molecule has 1 saturated heterocycles. The van der Waals surface area contributed by atoms with Gasteiger partial charge >= 0.3 is 13.9 Å². The van der Waals surface area contributed by atoms with E-state index in [1.807, 2.05) is 13.8 Å². The molecule has 0 radical (unpaired) electrons. The second-order valence-corrected chi connectivity index (χ2v) is 11.9. The fourth-order valence-corrected chi connectivity index (χ4v) is 5.66. The van der Waals surface area contributed by atoms with Crippen molar-refractivity contribution in [3.05, 3.63) is 35.9 Å². The zero-order valence-electron chi connectivity index (χ0n) is 23.0. The molecule has 220 valence electrons. The third-order valence-electron chi connectivity index (χ3n) is 7.22. The highest BCUT2D eigenvalue weighted by atomic mass is 31.2. The number of nitrogens with zero attached hydrogens (tertiary/aromatic N) is 1. The predicted octanol–water partition coefficient (Wildman–Crippen LogP) is 0.970. The van der Waals surface area contributed by atoms with Crippen LogP contribution in [0.15, 0.2) is 30.3 Å². The average molecular weight is 580 g/mol. The van der Waals surface area contributed by atoms with Gasteiger partial charge in [0.1, 0.15) is 17.8 Å². The molecule has 1 aromatic rings. The van der Waals surface area contributed by atoms with Crippen molar-refractivity contribution in [3.8, 4) is 5.75 Å². The van der Waals surface area contributed by atoms with Crippen LogP contribution in [0.1, 0.15) is 39.7 Å². The van der Waals surface area contributed by atoms with Crippen LogP contribution in [-0.2, 0) is 18.9 Å². The second-order valence-electron chi connectivity index (χ2n) is 10.7. The lowest BCUT2D eigenvalue weighted by atomic mass is 10.0. The maximum atomic E-state index is 13.7. The van der Waals surface area contributed by atoms with E-state index < -0.39 is 31.8 Å². The summed E-state index contributed by atoms with van der Waals surface area (Å²) in [5.41, 5.74) is 6.24. The van der Waals surface area contributed by atoms with Gasteiger partial charge in [-0.25, -0.2) is 9.36 Å². The van der Waals surface area contributed by atoms with Crippen LogP contribution in [-0.4, -0.2) is 70.2 Å². The minimum absolute atomic E-state index is 0.0161. The van der Waals surface area contributed by atoms with E-state index in [0.29, 0.717) is 30.0 Å². The highest BCUT2D eigenvalue weighted by Gasteiger charge is 2.62. The fraction of sp³-hybridized carbons (Fsp3) is 0.538. The number of benzene rings is 1. The number of nitrogens with one attached hydrogen (secondary N) is 3. The van der Waals surface area contributed by atoms with Crippen LogP contribution >= 0.6 is 7.82 Å². The summed E-state index contributed by atoms with van der Waals surface area (Å²) in [5.74, 6) is -0.452. The Morgan fingerprint density at radius 3 is 2.35 bits per heavy atom. The summed E-state index contributed by atoms with van der Waals surface area (Å²) in [6, 6.07) is 3.69. The number of nitrogens with two attached hydrogens (primary N) is 1. The van der Waals surface area contributed by atoms with Crippen LogP contribution in [0.2, 0.25) is 0 Å². The molecule has 7 N–H and O–H groups in total. The number of amides is 5. The number of carbonyl (C=O) groups is 4. The average Bonchev–Trinajstić information content (AvgIpc) is 3.28. The van der Waals surface area contributed by atoms with Crippen molar-refractivity contribution < 1.29 is 38.1 Å². The van der Waals surface area contributed by atoms with E-state index in [1.165, 1.54) is 18.2 Å². The van der Waals surface area contributed by atoms with Gasteiger partial charge in [-0.05, 0) is 60.3 Å². The smallest absolute Gasteiger partial charge is 0.404 e. The molecule has 13 nitrogen and oxygen atoms in total. The molecule has 40 heavy (non-hydrogen) atoms. The van der Waals surface area contributed by atoms with E-state index in [0.717, 1.165) is 0 Å². The highest BCUT2D eigenvalue weighted by molar-refractivity contribution is 7.46. The first-order valence-electron chi connectivity index (χ1n) is 13.1. The lowest BCUT2D eigenvalue weighted by Crippen LogP contribution is -2.56. The summed E-state index contributed by atoms with van der Waals surface area (Å²) in [6.45, 7) is 8.41. The van der Waals surface area contributed by atoms with Gasteiger partial charge in [0.05, 0.1) is 0 Å². The van der Waals surface area contributed by atoms with E-state index in [-0.39, 0.29) is 48.4 Å². The van der Waals surface area contributed by atoms with Gasteiger partial charge in [0.15, 0.2) is 0 Å². The molecule has 1 saturated carbocycles. The Morgan fingerprint density at radius 1 is 1.15 bits per heavy atom. The zero-order chi connectivity index (χ0) is 29.8. The van der Waals surface area contributed by atoms with Gasteiger partial charge < -0.3 is 31.1 Å². The number of primary amides is 1. The predicted molar refractivity (Wildman–Crippen MR) is 146 cm³/mol. The monoisotopic (exact) mass is 579 g/mol. The third kappa shape index (κ3) is 8.30. The summed E-state index contributed by atoms with van der Waals surface area (Å²) >= 11 is 0. The van der Waals surface area contributed by atoms with Crippen LogP contribution in [0.25, 0.3) is 5.57 Å². The summed E-state index contributed by atoms with van der Waals surface area (Å²) in [6.07, 6.45) is 1.73. The highest BCUT2D eigenvalue weighted by Crippen LogP contribution is 2.55. The van der Waals surface area contributed by atoms with Gasteiger partial charge in [-0.15, -0.1) is 0 Å². The number of hydrogen-bond donors (Lipinski definition) is 6. The number of hydrogen-bond acceptors (Lipinski definition) is 6. The molecule has 3 rings (SSSR count). The number of rotatable bonds is 12. The maximum absolute atomic E-state index is 13.7. The quantitative estimate of drug-likeness (QED) is 0.119. The molecule has 0 bridgehead atoms. The maximum Gasteiger partial charge on any atom is 0.524 e. The molecular formula is C26H38N5O8P. The SMILES string of the molecule is C/C(=C\C(=O)N[C@@H](CC(C)C)C(=O)N1C[C@H]2[C@@H](C)[C@H]2[C@H]1C(=O)NCCNC(N)=O)c1ccc(OP(=O)(O)O)cc1. The number of piperidine rings is 1. The van der Waals surface area contributed by atoms with Crippen molar-refractivity contribution in [1.29, 1.82) is 0 Å². The molecule has 5 atom stereocenters. The van der Waals surface area contributed by atoms with Crippen molar-refractivity contribution in [2.75, 3.05) is 19.6 Å². The third-order valence-corrected chi connectivity index (χ3v) is 7.67. The van der Waals surface area contributed by atoms with E-state index in [4.69, 9.17) is 15.5 Å². The number of urea groups is 1. The van der Waals surface area contributed by atoms with Crippen LogP contribution in [0, 0.1) is 23.7 Å². The minimum Gasteiger partial charge on any atom is -0.404 e. The molecule has 5 amide bonds. The summed E-state index contributed by atoms with van der Waals surface area (Å²) in [7, 11) is -4.68. The van der Waals surface area contributed by atoms with Crippen LogP contribution in [0.4, 0.5) is 4.79 Å². The van der Waals surface area contributed by atoms with Crippen molar-refractivity contribution >= 4 is 37.1 Å². The van der Waals surface area contributed by atoms with E-state index in [2.05, 4.69) is 27.4 Å². The molecule has 1 aliphatic heterocycles. The van der Waals surface area contributed by atoms with Crippen LogP contribution < -0.4 is 26.2 Å². The van der Waals surface area contributed by atoms with Crippen LogP contribution in [0.5, 0.6) is 5.75 Å². The first-order valence-corrected chi connectivity index (χ1v) is 14.7. The second kappa shape index (κ2) is 12.8. The lowest BCUT2D eigenvalue weighted by Gasteiger charge is -2.32. The fourth-order valence-electron chi connectivity index (χ4n) is 5.26. The molecule has 0 unspecified atom stereocenters. The Hall–Kier alpha value is -3.41. The normalized spacial score (nSPS) is 22.8. The Morgan fingerprint density at radius 2 is 1.77 bits per heavy atom. The standard InChI is InChI=1S/C26H38N5O8P/c1-14(2)11-20(30-21(32)12-15(3)17-5-7-18(8-6-17)39-40(36,37)38)25(34)31-13-19-16(4)22(19)23(31)24(33)28-9-10-29-26(27)35/h5-8,12,14,16,19-20,22-23H,9-11,13H2,1-4H3,(H,28,33)(H,30,32)(H3,27,29,35)(H2,36,37,38)/b15-12+/t16-,19+,20+,22-,23+/m1/s1. The summed E-state index contributed by atoms with van der Waals surface area (Å²) in [5, 5.41) is 7.99. The number of phosphoric acid groups is 1. The number of allylic oxidation sites excluding steroid dienone is 1. The Labute approximate surface area is 233 Å². The Balaban J connectivity index is 1.69. The molecule has 14 heteroatoms. The van der Waals surface area contributed by atoms with E-state index in [9.17, 15) is 23.7 Å². The Bertz CT molecular complexity index is 1200. The number of carbonyl (C=O) groups excluding carboxylic acids is 4. The molecule has 2 aliphatic rings. The van der Waals surface area contributed by atoms with Crippen molar-refractivity contribution in [2.24, 2.45) is 29.4 Å². The molecule has 1 aliphatic carbocycles. The van der Waals surface area contributed by atoms with E-state index in [1.54, 1.807) is 24.0 Å².